The Morgan fingerprint density at radius 1 is 0.900 bits per heavy atom. The van der Waals surface area contributed by atoms with E-state index in [0.717, 1.165) is 34.5 Å². The van der Waals surface area contributed by atoms with E-state index < -0.39 is 28.5 Å². The lowest BCUT2D eigenvalue weighted by molar-refractivity contribution is -0.140. The predicted octanol–water partition coefficient (Wildman–Crippen LogP) is 5.28. The van der Waals surface area contributed by atoms with Crippen LogP contribution < -0.4 is 14.4 Å². The van der Waals surface area contributed by atoms with Gasteiger partial charge in [0.15, 0.2) is 0 Å². The first kappa shape index (κ1) is 30.7. The van der Waals surface area contributed by atoms with Crippen LogP contribution in [0.2, 0.25) is 0 Å². The zero-order valence-corrected chi connectivity index (χ0v) is 24.5. The SMILES string of the molecule is CCCCNC(=O)C(CC)N(Cc1ccccc1C)C(=O)CN(c1ccc(Oc2ccccc2)cc1)S(C)(=O)=O. The minimum absolute atomic E-state index is 0.187. The summed E-state index contributed by atoms with van der Waals surface area (Å²) in [6, 6.07) is 22.7. The first-order valence-corrected chi connectivity index (χ1v) is 15.4. The van der Waals surface area contributed by atoms with Gasteiger partial charge in [-0.2, -0.15) is 0 Å². The van der Waals surface area contributed by atoms with E-state index in [1.807, 2.05) is 75.4 Å². The molecule has 0 spiro atoms. The average Bonchev–Trinajstić information content (AvgIpc) is 2.93. The number of nitrogens with one attached hydrogen (secondary N) is 1. The summed E-state index contributed by atoms with van der Waals surface area (Å²) in [6.45, 7) is 6.10. The maximum Gasteiger partial charge on any atom is 0.244 e. The van der Waals surface area contributed by atoms with Gasteiger partial charge < -0.3 is 15.0 Å². The van der Waals surface area contributed by atoms with Gasteiger partial charge in [-0.15, -0.1) is 0 Å². The summed E-state index contributed by atoms with van der Waals surface area (Å²) >= 11 is 0. The Kier molecular flexibility index (Phi) is 11.1. The lowest BCUT2D eigenvalue weighted by atomic mass is 10.1. The Hall–Kier alpha value is -3.85. The number of unbranched alkanes of at least 4 members (excludes halogenated alkanes) is 1. The van der Waals surface area contributed by atoms with E-state index in [2.05, 4.69) is 5.32 Å². The Morgan fingerprint density at radius 2 is 1.52 bits per heavy atom. The molecule has 1 N–H and O–H groups in total. The van der Waals surface area contributed by atoms with Gasteiger partial charge in [-0.05, 0) is 67.3 Å². The number of para-hydroxylation sites is 1. The third kappa shape index (κ3) is 8.58. The Morgan fingerprint density at radius 3 is 2.12 bits per heavy atom. The minimum atomic E-state index is -3.83. The van der Waals surface area contributed by atoms with Crippen molar-refractivity contribution in [1.29, 1.82) is 0 Å². The van der Waals surface area contributed by atoms with Crippen LogP contribution in [0.4, 0.5) is 5.69 Å². The van der Waals surface area contributed by atoms with Crippen molar-refractivity contribution in [1.82, 2.24) is 10.2 Å². The molecule has 3 rings (SSSR count). The van der Waals surface area contributed by atoms with Gasteiger partial charge in [-0.3, -0.25) is 13.9 Å². The standard InChI is InChI=1S/C31H39N3O5S/c1-5-7-21-32-31(36)29(6-2)33(22-25-14-12-11-13-24(25)3)30(35)23-34(40(4,37)38)26-17-19-28(20-18-26)39-27-15-9-8-10-16-27/h8-20,29H,5-7,21-23H2,1-4H3,(H,32,36). The summed E-state index contributed by atoms with van der Waals surface area (Å²) in [6.07, 6.45) is 3.22. The number of carbonyl (C=O) groups excluding carboxylic acids is 2. The van der Waals surface area contributed by atoms with Gasteiger partial charge in [0.2, 0.25) is 21.8 Å². The van der Waals surface area contributed by atoms with Crippen molar-refractivity contribution in [3.63, 3.8) is 0 Å². The van der Waals surface area contributed by atoms with Crippen molar-refractivity contribution >= 4 is 27.5 Å². The number of sulfonamides is 1. The molecule has 0 aliphatic rings. The van der Waals surface area contributed by atoms with Crippen LogP contribution in [0.5, 0.6) is 11.5 Å². The second kappa shape index (κ2) is 14.5. The minimum Gasteiger partial charge on any atom is -0.457 e. The topological polar surface area (TPSA) is 96.0 Å². The number of carbonyl (C=O) groups is 2. The predicted molar refractivity (Wildman–Crippen MR) is 159 cm³/mol. The van der Waals surface area contributed by atoms with Crippen LogP contribution in [0, 0.1) is 6.92 Å². The quantitative estimate of drug-likeness (QED) is 0.269. The smallest absolute Gasteiger partial charge is 0.244 e. The summed E-state index contributed by atoms with van der Waals surface area (Å²) in [7, 11) is -3.83. The molecular weight excluding hydrogens is 526 g/mol. The third-order valence-electron chi connectivity index (χ3n) is 6.60. The van der Waals surface area contributed by atoms with Crippen molar-refractivity contribution in [2.45, 2.75) is 52.6 Å². The fraction of sp³-hybridized carbons (Fsp3) is 0.355. The van der Waals surface area contributed by atoms with Crippen LogP contribution in [-0.4, -0.2) is 50.5 Å². The first-order chi connectivity index (χ1) is 19.1. The Bertz CT molecular complexity index is 1360. The Labute approximate surface area is 238 Å². The monoisotopic (exact) mass is 565 g/mol. The van der Waals surface area contributed by atoms with Gasteiger partial charge in [-0.1, -0.05) is 62.7 Å². The fourth-order valence-electron chi connectivity index (χ4n) is 4.32. The van der Waals surface area contributed by atoms with E-state index in [1.54, 1.807) is 24.3 Å². The molecule has 3 aromatic rings. The molecule has 40 heavy (non-hydrogen) atoms. The molecule has 0 saturated carbocycles. The van der Waals surface area contributed by atoms with Gasteiger partial charge >= 0.3 is 0 Å². The number of hydrogen-bond donors (Lipinski definition) is 1. The number of ether oxygens (including phenoxy) is 1. The highest BCUT2D eigenvalue weighted by atomic mass is 32.2. The number of aryl methyl sites for hydroxylation is 1. The average molecular weight is 566 g/mol. The van der Waals surface area contributed by atoms with Crippen LogP contribution in [0.3, 0.4) is 0 Å². The maximum absolute atomic E-state index is 13.8. The first-order valence-electron chi connectivity index (χ1n) is 13.6. The van der Waals surface area contributed by atoms with Crippen LogP contribution in [-0.2, 0) is 26.2 Å². The number of nitrogens with zero attached hydrogens (tertiary/aromatic N) is 2. The van der Waals surface area contributed by atoms with Gasteiger partial charge in [0, 0.05) is 13.1 Å². The van der Waals surface area contributed by atoms with Crippen molar-refractivity contribution in [2.24, 2.45) is 0 Å². The Balaban J connectivity index is 1.88. The molecule has 0 heterocycles. The zero-order valence-electron chi connectivity index (χ0n) is 23.7. The highest BCUT2D eigenvalue weighted by Gasteiger charge is 2.31. The molecule has 2 amide bonds. The molecule has 9 heteroatoms. The fourth-order valence-corrected chi connectivity index (χ4v) is 5.17. The molecule has 0 aromatic heterocycles. The molecule has 0 radical (unpaired) electrons. The van der Waals surface area contributed by atoms with Crippen molar-refractivity contribution in [3.05, 3.63) is 90.0 Å². The van der Waals surface area contributed by atoms with Crippen molar-refractivity contribution in [2.75, 3.05) is 23.7 Å². The second-order valence-corrected chi connectivity index (χ2v) is 11.6. The molecule has 0 bridgehead atoms. The highest BCUT2D eigenvalue weighted by Crippen LogP contribution is 2.26. The maximum atomic E-state index is 13.8. The third-order valence-corrected chi connectivity index (χ3v) is 7.74. The molecule has 1 atom stereocenters. The molecule has 0 saturated heterocycles. The lowest BCUT2D eigenvalue weighted by Gasteiger charge is -2.33. The second-order valence-electron chi connectivity index (χ2n) is 9.70. The van der Waals surface area contributed by atoms with E-state index in [0.29, 0.717) is 30.2 Å². The molecule has 3 aromatic carbocycles. The molecule has 0 aliphatic heterocycles. The molecule has 1 unspecified atom stereocenters. The van der Waals surface area contributed by atoms with Crippen LogP contribution in [0.25, 0.3) is 0 Å². The highest BCUT2D eigenvalue weighted by molar-refractivity contribution is 7.92. The lowest BCUT2D eigenvalue weighted by Crippen LogP contribution is -2.52. The van der Waals surface area contributed by atoms with Gasteiger partial charge in [0.25, 0.3) is 0 Å². The van der Waals surface area contributed by atoms with Crippen molar-refractivity contribution < 1.29 is 22.7 Å². The molecule has 0 aliphatic carbocycles. The number of hydrogen-bond acceptors (Lipinski definition) is 5. The van der Waals surface area contributed by atoms with E-state index in [4.69, 9.17) is 4.74 Å². The van der Waals surface area contributed by atoms with E-state index >= 15 is 0 Å². The molecule has 8 nitrogen and oxygen atoms in total. The van der Waals surface area contributed by atoms with E-state index in [9.17, 15) is 18.0 Å². The molecule has 0 fully saturated rings. The molecular formula is C31H39N3O5S. The van der Waals surface area contributed by atoms with Gasteiger partial charge in [0.05, 0.1) is 11.9 Å². The summed E-state index contributed by atoms with van der Waals surface area (Å²) in [5.41, 5.74) is 2.20. The summed E-state index contributed by atoms with van der Waals surface area (Å²) in [5.74, 6) is 0.479. The van der Waals surface area contributed by atoms with Gasteiger partial charge in [-0.25, -0.2) is 8.42 Å². The van der Waals surface area contributed by atoms with E-state index in [1.165, 1.54) is 4.90 Å². The largest absolute Gasteiger partial charge is 0.457 e. The van der Waals surface area contributed by atoms with Crippen molar-refractivity contribution in [3.8, 4) is 11.5 Å². The van der Waals surface area contributed by atoms with Crippen LogP contribution in [0.1, 0.15) is 44.2 Å². The number of benzene rings is 3. The number of rotatable bonds is 14. The summed E-state index contributed by atoms with van der Waals surface area (Å²) < 4.78 is 32.6. The van der Waals surface area contributed by atoms with Crippen LogP contribution in [0.15, 0.2) is 78.9 Å². The van der Waals surface area contributed by atoms with Crippen LogP contribution >= 0.6 is 0 Å². The molecule has 214 valence electrons. The summed E-state index contributed by atoms with van der Waals surface area (Å²) in [4.78, 5) is 28.5. The summed E-state index contributed by atoms with van der Waals surface area (Å²) in [5, 5.41) is 2.93. The van der Waals surface area contributed by atoms with E-state index in [-0.39, 0.29) is 12.5 Å². The van der Waals surface area contributed by atoms with Gasteiger partial charge in [0.1, 0.15) is 24.1 Å². The number of anilines is 1. The normalized spacial score (nSPS) is 11.9. The zero-order chi connectivity index (χ0) is 29.1. The number of amides is 2.